The largest absolute Gasteiger partial charge is 0.339 e. The van der Waals surface area contributed by atoms with Gasteiger partial charge in [0.15, 0.2) is 0 Å². The van der Waals surface area contributed by atoms with Crippen molar-refractivity contribution in [3.8, 4) is 0 Å². The van der Waals surface area contributed by atoms with Crippen LogP contribution >= 0.6 is 58.8 Å². The van der Waals surface area contributed by atoms with Crippen molar-refractivity contribution in [2.75, 3.05) is 39.8 Å². The highest BCUT2D eigenvalue weighted by molar-refractivity contribution is 8.26. The summed E-state index contributed by atoms with van der Waals surface area (Å²) in [6.07, 6.45) is 1.57. The van der Waals surface area contributed by atoms with Crippen molar-refractivity contribution in [2.24, 2.45) is 0 Å². The third-order valence-corrected chi connectivity index (χ3v) is 6.90. The summed E-state index contributed by atoms with van der Waals surface area (Å²) in [6, 6.07) is 3.20. The number of hydrogen-bond donors (Lipinski definition) is 0. The van der Waals surface area contributed by atoms with Crippen LogP contribution in [0.1, 0.15) is 5.56 Å². The van der Waals surface area contributed by atoms with Crippen molar-refractivity contribution in [3.63, 3.8) is 0 Å². The van der Waals surface area contributed by atoms with Gasteiger partial charge in [0, 0.05) is 36.8 Å². The highest BCUT2D eigenvalue weighted by Crippen LogP contribution is 2.38. The van der Waals surface area contributed by atoms with E-state index in [2.05, 4.69) is 4.90 Å². The van der Waals surface area contributed by atoms with Gasteiger partial charge in [0.25, 0.3) is 5.91 Å². The van der Waals surface area contributed by atoms with Crippen LogP contribution in [0.25, 0.3) is 6.08 Å². The van der Waals surface area contributed by atoms with Crippen LogP contribution in [0.2, 0.25) is 15.1 Å². The van der Waals surface area contributed by atoms with Crippen molar-refractivity contribution in [1.82, 2.24) is 14.7 Å². The summed E-state index contributed by atoms with van der Waals surface area (Å²) in [4.78, 5) is 30.9. The molecule has 1 aromatic rings. The number of thiocarbonyl (C=S) groups is 1. The number of rotatable bonds is 3. The summed E-state index contributed by atoms with van der Waals surface area (Å²) in [6.45, 7) is 2.86. The first-order valence-corrected chi connectivity index (χ1v) is 10.5. The van der Waals surface area contributed by atoms with Crippen molar-refractivity contribution in [2.45, 2.75) is 0 Å². The van der Waals surface area contributed by atoms with E-state index in [1.807, 2.05) is 7.05 Å². The molecular weight excluding hydrogens is 449 g/mol. The Morgan fingerprint density at radius 3 is 2.48 bits per heavy atom. The maximum absolute atomic E-state index is 12.7. The molecule has 2 aliphatic heterocycles. The van der Waals surface area contributed by atoms with Gasteiger partial charge in [-0.25, -0.2) is 0 Å². The van der Waals surface area contributed by atoms with Gasteiger partial charge in [-0.05, 0) is 25.3 Å². The van der Waals surface area contributed by atoms with Gasteiger partial charge in [0.1, 0.15) is 10.9 Å². The summed E-state index contributed by atoms with van der Waals surface area (Å²) in [5.74, 6) is -0.445. The molecule has 10 heteroatoms. The number of likely N-dealkylation sites (N-methyl/N-ethyl adjacent to an activating group) is 1. The van der Waals surface area contributed by atoms with E-state index in [9.17, 15) is 9.59 Å². The summed E-state index contributed by atoms with van der Waals surface area (Å²) >= 11 is 24.8. The van der Waals surface area contributed by atoms with Gasteiger partial charge in [-0.3, -0.25) is 14.5 Å². The first-order chi connectivity index (χ1) is 12.8. The molecule has 3 rings (SSSR count). The fraction of sp³-hybridized carbons (Fsp3) is 0.353. The lowest BCUT2D eigenvalue weighted by Gasteiger charge is -2.33. The SMILES string of the molecule is CN1CCN(C(=O)CN2C(=O)C(=Cc3c(Cl)ccc(Cl)c3Cl)SC2=S)CC1. The molecule has 2 heterocycles. The van der Waals surface area contributed by atoms with E-state index >= 15 is 0 Å². The fourth-order valence-electron chi connectivity index (χ4n) is 2.73. The number of hydrogen-bond acceptors (Lipinski definition) is 5. The zero-order chi connectivity index (χ0) is 19.7. The lowest BCUT2D eigenvalue weighted by Crippen LogP contribution is -2.50. The number of nitrogens with zero attached hydrogens (tertiary/aromatic N) is 3. The molecule has 0 aromatic heterocycles. The molecule has 2 amide bonds. The van der Waals surface area contributed by atoms with Gasteiger partial charge in [-0.1, -0.05) is 58.8 Å². The van der Waals surface area contributed by atoms with E-state index in [0.29, 0.717) is 37.9 Å². The van der Waals surface area contributed by atoms with Crippen LogP contribution in [0.5, 0.6) is 0 Å². The second-order valence-corrected chi connectivity index (χ2v) is 9.08. The normalized spacial score (nSPS) is 20.1. The maximum Gasteiger partial charge on any atom is 0.266 e. The number of amides is 2. The quantitative estimate of drug-likeness (QED) is 0.388. The Kier molecular flexibility index (Phi) is 6.71. The highest BCUT2D eigenvalue weighted by Gasteiger charge is 2.35. The fourth-order valence-corrected chi connectivity index (χ4v) is 4.61. The van der Waals surface area contributed by atoms with Crippen molar-refractivity contribution >= 4 is 81.0 Å². The minimum absolute atomic E-state index is 0.0667. The molecule has 2 aliphatic rings. The number of halogens is 3. The monoisotopic (exact) mass is 463 g/mol. The third kappa shape index (κ3) is 4.60. The zero-order valence-electron chi connectivity index (χ0n) is 14.4. The van der Waals surface area contributed by atoms with E-state index in [1.165, 1.54) is 4.90 Å². The van der Waals surface area contributed by atoms with Gasteiger partial charge >= 0.3 is 0 Å². The van der Waals surface area contributed by atoms with Crippen LogP contribution in [0.4, 0.5) is 0 Å². The van der Waals surface area contributed by atoms with Crippen LogP contribution in [-0.2, 0) is 9.59 Å². The lowest BCUT2D eigenvalue weighted by molar-refractivity contribution is -0.136. The Balaban J connectivity index is 1.76. The first kappa shape index (κ1) is 20.9. The molecule has 0 radical (unpaired) electrons. The van der Waals surface area contributed by atoms with Crippen LogP contribution in [-0.4, -0.2) is 70.6 Å². The Hall–Kier alpha value is -0.830. The minimum Gasteiger partial charge on any atom is -0.339 e. The second kappa shape index (κ2) is 8.68. The first-order valence-electron chi connectivity index (χ1n) is 8.13. The van der Waals surface area contributed by atoms with Gasteiger partial charge in [0.2, 0.25) is 5.91 Å². The van der Waals surface area contributed by atoms with E-state index in [1.54, 1.807) is 23.1 Å². The van der Waals surface area contributed by atoms with Gasteiger partial charge in [-0.15, -0.1) is 0 Å². The molecule has 0 saturated carbocycles. The highest BCUT2D eigenvalue weighted by atomic mass is 35.5. The van der Waals surface area contributed by atoms with Gasteiger partial charge in [-0.2, -0.15) is 0 Å². The molecule has 0 bridgehead atoms. The Morgan fingerprint density at radius 2 is 1.81 bits per heavy atom. The number of benzene rings is 1. The van der Waals surface area contributed by atoms with Crippen molar-refractivity contribution < 1.29 is 9.59 Å². The average molecular weight is 465 g/mol. The Labute approximate surface area is 182 Å². The molecule has 0 N–H and O–H groups in total. The Bertz CT molecular complexity index is 839. The Morgan fingerprint density at radius 1 is 1.19 bits per heavy atom. The molecule has 144 valence electrons. The number of piperazine rings is 1. The van der Waals surface area contributed by atoms with Crippen LogP contribution in [0.3, 0.4) is 0 Å². The molecule has 2 saturated heterocycles. The van der Waals surface area contributed by atoms with Crippen LogP contribution in [0.15, 0.2) is 17.0 Å². The summed E-state index contributed by atoms with van der Waals surface area (Å²) in [5.41, 5.74) is 0.455. The molecule has 0 unspecified atom stereocenters. The van der Waals surface area contributed by atoms with Crippen LogP contribution in [0, 0.1) is 0 Å². The maximum atomic E-state index is 12.7. The number of thioether (sulfide) groups is 1. The summed E-state index contributed by atoms with van der Waals surface area (Å²) < 4.78 is 0.336. The molecular formula is C17H16Cl3N3O2S2. The number of carbonyl (C=O) groups is 2. The van der Waals surface area contributed by atoms with Crippen molar-refractivity contribution in [1.29, 1.82) is 0 Å². The van der Waals surface area contributed by atoms with E-state index in [4.69, 9.17) is 47.0 Å². The summed E-state index contributed by atoms with van der Waals surface area (Å²) in [5, 5.41) is 0.985. The molecule has 27 heavy (non-hydrogen) atoms. The molecule has 5 nitrogen and oxygen atoms in total. The summed E-state index contributed by atoms with van der Waals surface area (Å²) in [7, 11) is 2.01. The van der Waals surface area contributed by atoms with E-state index in [-0.39, 0.29) is 23.4 Å². The molecule has 1 aromatic carbocycles. The van der Waals surface area contributed by atoms with E-state index < -0.39 is 0 Å². The molecule has 0 spiro atoms. The lowest BCUT2D eigenvalue weighted by atomic mass is 10.2. The predicted molar refractivity (Wildman–Crippen MR) is 115 cm³/mol. The van der Waals surface area contributed by atoms with Gasteiger partial charge in [0.05, 0.1) is 15.0 Å². The standard InChI is InChI=1S/C17H16Cl3N3O2S2/c1-21-4-6-22(7-5-21)14(24)9-23-16(25)13(27-17(23)26)8-10-11(18)2-3-12(19)15(10)20/h2-3,8H,4-7,9H2,1H3. The smallest absolute Gasteiger partial charge is 0.266 e. The zero-order valence-corrected chi connectivity index (χ0v) is 18.3. The molecule has 2 fully saturated rings. The predicted octanol–water partition coefficient (Wildman–Crippen LogP) is 3.62. The van der Waals surface area contributed by atoms with Crippen LogP contribution < -0.4 is 0 Å². The third-order valence-electron chi connectivity index (χ3n) is 4.38. The van der Waals surface area contributed by atoms with Crippen molar-refractivity contribution in [3.05, 3.63) is 37.7 Å². The minimum atomic E-state index is -0.334. The topological polar surface area (TPSA) is 43.9 Å². The number of carbonyl (C=O) groups excluding carboxylic acids is 2. The van der Waals surface area contributed by atoms with Gasteiger partial charge < -0.3 is 9.80 Å². The molecule has 0 atom stereocenters. The molecule has 0 aliphatic carbocycles. The second-order valence-electron chi connectivity index (χ2n) is 6.21. The van der Waals surface area contributed by atoms with E-state index in [0.717, 1.165) is 24.9 Å². The average Bonchev–Trinajstić information content (AvgIpc) is 2.90.